The Morgan fingerprint density at radius 3 is 2.84 bits per heavy atom. The average molecular weight is 260 g/mol. The molecule has 0 aliphatic carbocycles. The first-order valence-corrected chi connectivity index (χ1v) is 6.21. The molecule has 0 saturated carbocycles. The molecule has 1 heterocycles. The molecule has 5 heteroatoms. The fourth-order valence-corrected chi connectivity index (χ4v) is 2.06. The van der Waals surface area contributed by atoms with Crippen molar-refractivity contribution < 1.29 is 14.6 Å². The molecule has 1 fully saturated rings. The minimum atomic E-state index is -0.206. The highest BCUT2D eigenvalue weighted by Crippen LogP contribution is 2.08. The number of ketones is 1. The van der Waals surface area contributed by atoms with Crippen LogP contribution >= 0.6 is 0 Å². The summed E-state index contributed by atoms with van der Waals surface area (Å²) >= 11 is 0. The number of benzene rings is 1. The van der Waals surface area contributed by atoms with E-state index in [1.165, 1.54) is 0 Å². The van der Waals surface area contributed by atoms with Gasteiger partial charge >= 0.3 is 0 Å². The van der Waals surface area contributed by atoms with E-state index < -0.39 is 0 Å². The highest BCUT2D eigenvalue weighted by Gasteiger charge is 2.21. The van der Waals surface area contributed by atoms with Crippen molar-refractivity contribution >= 4 is 5.78 Å². The summed E-state index contributed by atoms with van der Waals surface area (Å²) in [4.78, 5) is 14.1. The lowest BCUT2D eigenvalue weighted by atomic mass is 10.1. The van der Waals surface area contributed by atoms with Crippen LogP contribution in [0.25, 0.3) is 0 Å². The lowest BCUT2D eigenvalue weighted by molar-refractivity contribution is -0.0503. The smallest absolute Gasteiger partial charge is 0.176 e. The van der Waals surface area contributed by atoms with Crippen LogP contribution in [-0.4, -0.2) is 54.7 Å². The SMILES string of the molecule is N#Cc1ccc(C(=O)CN2CCOC(CO)C2)cc1. The predicted molar refractivity (Wildman–Crippen MR) is 68.8 cm³/mol. The summed E-state index contributed by atoms with van der Waals surface area (Å²) in [6.07, 6.45) is -0.206. The lowest BCUT2D eigenvalue weighted by Gasteiger charge is -2.31. The third kappa shape index (κ3) is 3.61. The number of carbonyl (C=O) groups is 1. The van der Waals surface area contributed by atoms with Gasteiger partial charge in [0, 0.05) is 18.7 Å². The number of aliphatic hydroxyl groups excluding tert-OH is 1. The normalized spacial score (nSPS) is 19.9. The number of aliphatic hydroxyl groups is 1. The monoisotopic (exact) mass is 260 g/mol. The zero-order valence-electron chi connectivity index (χ0n) is 10.6. The van der Waals surface area contributed by atoms with Crippen LogP contribution in [0.2, 0.25) is 0 Å². The number of Topliss-reactive ketones (excluding diaryl/α,β-unsaturated/α-hetero) is 1. The van der Waals surface area contributed by atoms with Crippen molar-refractivity contribution in [2.24, 2.45) is 0 Å². The van der Waals surface area contributed by atoms with Gasteiger partial charge in [-0.25, -0.2) is 0 Å². The Morgan fingerprint density at radius 1 is 1.47 bits per heavy atom. The third-order valence-corrected chi connectivity index (χ3v) is 3.13. The van der Waals surface area contributed by atoms with Crippen molar-refractivity contribution in [1.29, 1.82) is 5.26 Å². The second kappa shape index (κ2) is 6.43. The van der Waals surface area contributed by atoms with Gasteiger partial charge < -0.3 is 9.84 Å². The van der Waals surface area contributed by atoms with Gasteiger partial charge in [-0.05, 0) is 12.1 Å². The third-order valence-electron chi connectivity index (χ3n) is 3.13. The maximum absolute atomic E-state index is 12.1. The van der Waals surface area contributed by atoms with Crippen LogP contribution in [0.15, 0.2) is 24.3 Å². The highest BCUT2D eigenvalue weighted by molar-refractivity contribution is 5.97. The number of rotatable bonds is 4. The van der Waals surface area contributed by atoms with Crippen LogP contribution in [0.1, 0.15) is 15.9 Å². The quantitative estimate of drug-likeness (QED) is 0.795. The minimum absolute atomic E-state index is 0.0167. The lowest BCUT2D eigenvalue weighted by Crippen LogP contribution is -2.45. The Bertz CT molecular complexity index is 478. The van der Waals surface area contributed by atoms with Gasteiger partial charge in [-0.2, -0.15) is 5.26 Å². The average Bonchev–Trinajstić information content (AvgIpc) is 2.47. The van der Waals surface area contributed by atoms with E-state index in [1.54, 1.807) is 24.3 Å². The van der Waals surface area contributed by atoms with Crippen LogP contribution in [0.5, 0.6) is 0 Å². The van der Waals surface area contributed by atoms with Crippen molar-refractivity contribution in [3.05, 3.63) is 35.4 Å². The van der Waals surface area contributed by atoms with E-state index in [0.717, 1.165) is 0 Å². The first kappa shape index (κ1) is 13.7. The maximum Gasteiger partial charge on any atom is 0.176 e. The summed E-state index contributed by atoms with van der Waals surface area (Å²) in [6, 6.07) is 8.65. The number of carbonyl (C=O) groups excluding carboxylic acids is 1. The van der Waals surface area contributed by atoms with Crippen LogP contribution in [0, 0.1) is 11.3 Å². The Hall–Kier alpha value is -1.74. The molecule has 1 aliphatic heterocycles. The molecule has 0 aromatic heterocycles. The molecule has 0 radical (unpaired) electrons. The van der Waals surface area contributed by atoms with E-state index in [1.807, 2.05) is 11.0 Å². The molecule has 1 atom stereocenters. The molecule has 1 aromatic rings. The van der Waals surface area contributed by atoms with Crippen LogP contribution in [-0.2, 0) is 4.74 Å². The predicted octanol–water partition coefficient (Wildman–Crippen LogP) is 0.434. The minimum Gasteiger partial charge on any atom is -0.394 e. The first-order chi connectivity index (χ1) is 9.22. The van der Waals surface area contributed by atoms with E-state index in [2.05, 4.69) is 0 Å². The van der Waals surface area contributed by atoms with Crippen molar-refractivity contribution in [2.75, 3.05) is 32.8 Å². The molecular formula is C14H16N2O3. The standard InChI is InChI=1S/C14H16N2O3/c15-7-11-1-3-12(4-2-11)14(18)9-16-5-6-19-13(8-16)10-17/h1-4,13,17H,5-6,8-10H2. The number of hydrogen-bond donors (Lipinski definition) is 1. The topological polar surface area (TPSA) is 73.6 Å². The summed E-state index contributed by atoms with van der Waals surface area (Å²) in [7, 11) is 0. The van der Waals surface area contributed by atoms with Crippen molar-refractivity contribution in [3.8, 4) is 6.07 Å². The van der Waals surface area contributed by atoms with Crippen molar-refractivity contribution in [2.45, 2.75) is 6.10 Å². The molecule has 0 spiro atoms. The van der Waals surface area contributed by atoms with E-state index >= 15 is 0 Å². The van der Waals surface area contributed by atoms with E-state index in [9.17, 15) is 4.79 Å². The van der Waals surface area contributed by atoms with Crippen LogP contribution in [0.4, 0.5) is 0 Å². The molecule has 1 aliphatic rings. The molecule has 100 valence electrons. The molecule has 1 N–H and O–H groups in total. The molecule has 1 aromatic carbocycles. The van der Waals surface area contributed by atoms with E-state index in [4.69, 9.17) is 15.1 Å². The van der Waals surface area contributed by atoms with Crippen LogP contribution < -0.4 is 0 Å². The first-order valence-electron chi connectivity index (χ1n) is 6.21. The molecule has 1 saturated heterocycles. The van der Waals surface area contributed by atoms with Crippen LogP contribution in [0.3, 0.4) is 0 Å². The van der Waals surface area contributed by atoms with Crippen molar-refractivity contribution in [3.63, 3.8) is 0 Å². The largest absolute Gasteiger partial charge is 0.394 e. The number of ether oxygens (including phenoxy) is 1. The molecule has 2 rings (SSSR count). The fourth-order valence-electron chi connectivity index (χ4n) is 2.06. The molecule has 19 heavy (non-hydrogen) atoms. The van der Waals surface area contributed by atoms with Gasteiger partial charge in [-0.3, -0.25) is 9.69 Å². The molecule has 5 nitrogen and oxygen atoms in total. The maximum atomic E-state index is 12.1. The molecule has 1 unspecified atom stereocenters. The van der Waals surface area contributed by atoms with Gasteiger partial charge in [-0.15, -0.1) is 0 Å². The summed E-state index contributed by atoms with van der Waals surface area (Å²) < 4.78 is 5.34. The van der Waals surface area contributed by atoms with Gasteiger partial charge in [0.25, 0.3) is 0 Å². The Kier molecular flexibility index (Phi) is 4.63. The summed E-state index contributed by atoms with van der Waals surface area (Å²) in [5.41, 5.74) is 1.15. The van der Waals surface area contributed by atoms with Gasteiger partial charge in [0.15, 0.2) is 5.78 Å². The summed E-state index contributed by atoms with van der Waals surface area (Å²) in [5.74, 6) is 0.0167. The molecular weight excluding hydrogens is 244 g/mol. The van der Waals surface area contributed by atoms with Gasteiger partial charge in [0.2, 0.25) is 0 Å². The van der Waals surface area contributed by atoms with Gasteiger partial charge in [-0.1, -0.05) is 12.1 Å². The Balaban J connectivity index is 1.94. The number of hydrogen-bond acceptors (Lipinski definition) is 5. The molecule has 0 bridgehead atoms. The van der Waals surface area contributed by atoms with E-state index in [0.29, 0.717) is 37.4 Å². The number of nitriles is 1. The number of morpholine rings is 1. The Labute approximate surface area is 112 Å². The van der Waals surface area contributed by atoms with Crippen molar-refractivity contribution in [1.82, 2.24) is 4.90 Å². The fraction of sp³-hybridized carbons (Fsp3) is 0.429. The summed E-state index contributed by atoms with van der Waals surface area (Å²) in [6.45, 7) is 2.08. The zero-order valence-corrected chi connectivity index (χ0v) is 10.6. The van der Waals surface area contributed by atoms with E-state index in [-0.39, 0.29) is 18.5 Å². The number of nitrogens with zero attached hydrogens (tertiary/aromatic N) is 2. The van der Waals surface area contributed by atoms with Gasteiger partial charge in [0.1, 0.15) is 0 Å². The highest BCUT2D eigenvalue weighted by atomic mass is 16.5. The second-order valence-corrected chi connectivity index (χ2v) is 4.52. The second-order valence-electron chi connectivity index (χ2n) is 4.52. The Morgan fingerprint density at radius 2 is 2.21 bits per heavy atom. The van der Waals surface area contributed by atoms with Gasteiger partial charge in [0.05, 0.1) is 37.5 Å². The summed E-state index contributed by atoms with van der Waals surface area (Å²) in [5, 5.41) is 17.8. The molecule has 0 amide bonds. The zero-order chi connectivity index (χ0) is 13.7.